The summed E-state index contributed by atoms with van der Waals surface area (Å²) in [6.07, 6.45) is -0.116. The predicted molar refractivity (Wildman–Crippen MR) is 87.6 cm³/mol. The van der Waals surface area contributed by atoms with Crippen LogP contribution < -0.4 is 0 Å². The summed E-state index contributed by atoms with van der Waals surface area (Å²) in [4.78, 5) is 20.0. The average Bonchev–Trinajstić information content (AvgIpc) is 2.62. The zero-order valence-corrected chi connectivity index (χ0v) is 14.0. The standard InChI is InChI=1S/C12H21N9O4/c1-23-2-3-24-4-5-25-7-11(22)6-12(8-16-19-13,9-17-20-14)10-18-21-15/h2-10H2,1H3. The summed E-state index contributed by atoms with van der Waals surface area (Å²) < 4.78 is 15.2. The summed E-state index contributed by atoms with van der Waals surface area (Å²) in [7, 11) is 1.56. The molecule has 0 bridgehead atoms. The maximum absolute atomic E-state index is 12.1. The Bertz CT molecular complexity index is 486. The van der Waals surface area contributed by atoms with Gasteiger partial charge in [-0.1, -0.05) is 15.3 Å². The van der Waals surface area contributed by atoms with E-state index >= 15 is 0 Å². The van der Waals surface area contributed by atoms with Gasteiger partial charge in [-0.2, -0.15) is 0 Å². The molecule has 13 nitrogen and oxygen atoms in total. The highest BCUT2D eigenvalue weighted by Gasteiger charge is 2.31. The number of ether oxygens (including phenoxy) is 3. The van der Waals surface area contributed by atoms with E-state index in [0.717, 1.165) is 0 Å². The van der Waals surface area contributed by atoms with E-state index in [0.29, 0.717) is 19.8 Å². The first-order valence-electron chi connectivity index (χ1n) is 7.33. The minimum atomic E-state index is -1.07. The van der Waals surface area contributed by atoms with E-state index < -0.39 is 5.41 Å². The van der Waals surface area contributed by atoms with Crippen molar-refractivity contribution in [2.75, 3.05) is 59.8 Å². The number of rotatable bonds is 16. The van der Waals surface area contributed by atoms with Gasteiger partial charge in [0.05, 0.1) is 26.4 Å². The molecular weight excluding hydrogens is 334 g/mol. The molecule has 0 unspecified atom stereocenters. The summed E-state index contributed by atoms with van der Waals surface area (Å²) in [5.41, 5.74) is 24.4. The van der Waals surface area contributed by atoms with Gasteiger partial charge in [-0.25, -0.2) is 0 Å². The van der Waals surface area contributed by atoms with Crippen molar-refractivity contribution < 1.29 is 19.0 Å². The molecule has 0 spiro atoms. The van der Waals surface area contributed by atoms with Gasteiger partial charge in [0, 0.05) is 47.9 Å². The number of carbonyl (C=O) groups excluding carboxylic acids is 1. The van der Waals surface area contributed by atoms with Crippen LogP contribution in [0.5, 0.6) is 0 Å². The smallest absolute Gasteiger partial charge is 0.159 e. The number of Topliss-reactive ketones (excluding diaryl/α,β-unsaturated/α-hetero) is 1. The second-order valence-electron chi connectivity index (χ2n) is 5.04. The predicted octanol–water partition coefficient (Wildman–Crippen LogP) is 2.54. The average molecular weight is 355 g/mol. The van der Waals surface area contributed by atoms with Crippen LogP contribution in [0.3, 0.4) is 0 Å². The molecule has 0 atom stereocenters. The van der Waals surface area contributed by atoms with Crippen LogP contribution in [0, 0.1) is 5.41 Å². The van der Waals surface area contributed by atoms with Crippen molar-refractivity contribution in [2.45, 2.75) is 6.42 Å². The first-order valence-corrected chi connectivity index (χ1v) is 7.33. The van der Waals surface area contributed by atoms with E-state index in [9.17, 15) is 4.79 Å². The van der Waals surface area contributed by atoms with Crippen molar-refractivity contribution in [1.29, 1.82) is 0 Å². The molecule has 0 saturated carbocycles. The number of carbonyl (C=O) groups is 1. The molecule has 0 saturated heterocycles. The lowest BCUT2D eigenvalue weighted by molar-refractivity contribution is -0.126. The van der Waals surface area contributed by atoms with Gasteiger partial charge >= 0.3 is 0 Å². The third-order valence-electron chi connectivity index (χ3n) is 3.05. The highest BCUT2D eigenvalue weighted by Crippen LogP contribution is 2.25. The zero-order chi connectivity index (χ0) is 18.8. The van der Waals surface area contributed by atoms with Gasteiger partial charge in [0.25, 0.3) is 0 Å². The van der Waals surface area contributed by atoms with Crippen molar-refractivity contribution in [3.8, 4) is 0 Å². The van der Waals surface area contributed by atoms with Gasteiger partial charge in [-0.05, 0) is 22.0 Å². The second-order valence-corrected chi connectivity index (χ2v) is 5.04. The molecule has 0 radical (unpaired) electrons. The summed E-state index contributed by atoms with van der Waals surface area (Å²) in [6, 6.07) is 0. The number of methoxy groups -OCH3 is 1. The molecule has 0 aromatic heterocycles. The maximum atomic E-state index is 12.1. The number of hydrogen-bond acceptors (Lipinski definition) is 7. The highest BCUT2D eigenvalue weighted by molar-refractivity contribution is 5.80. The lowest BCUT2D eigenvalue weighted by atomic mass is 9.83. The molecule has 0 aliphatic carbocycles. The van der Waals surface area contributed by atoms with E-state index in [4.69, 9.17) is 30.8 Å². The Kier molecular flexibility index (Phi) is 13.5. The molecule has 0 aliphatic rings. The summed E-state index contributed by atoms with van der Waals surface area (Å²) in [5.74, 6) is -0.300. The van der Waals surface area contributed by atoms with Gasteiger partial charge in [0.2, 0.25) is 0 Å². The SMILES string of the molecule is COCCOCCOCC(=O)CC(CN=[N+]=[N-])(CN=[N+]=[N-])CN=[N+]=[N-]. The van der Waals surface area contributed by atoms with Crippen LogP contribution in [0.2, 0.25) is 0 Å². The summed E-state index contributed by atoms with van der Waals surface area (Å²) in [6.45, 7) is 0.830. The topological polar surface area (TPSA) is 191 Å². The number of nitrogens with zero attached hydrogens (tertiary/aromatic N) is 9. The molecule has 0 aromatic rings. The van der Waals surface area contributed by atoms with Crippen molar-refractivity contribution in [2.24, 2.45) is 20.8 Å². The second kappa shape index (κ2) is 15.0. The van der Waals surface area contributed by atoms with E-state index in [1.54, 1.807) is 7.11 Å². The van der Waals surface area contributed by atoms with E-state index in [1.807, 2.05) is 0 Å². The lowest BCUT2D eigenvalue weighted by Gasteiger charge is -2.28. The van der Waals surface area contributed by atoms with Gasteiger partial charge in [-0.3, -0.25) is 4.79 Å². The molecule has 0 rings (SSSR count). The fraction of sp³-hybridized carbons (Fsp3) is 0.917. The number of hydrogen-bond donors (Lipinski definition) is 0. The summed E-state index contributed by atoms with van der Waals surface area (Å²) in [5, 5.41) is 10.3. The van der Waals surface area contributed by atoms with Crippen LogP contribution in [0.15, 0.2) is 15.3 Å². The first-order chi connectivity index (χ1) is 12.1. The Balaban J connectivity index is 4.58. The van der Waals surface area contributed by atoms with Crippen LogP contribution in [-0.4, -0.2) is 65.6 Å². The lowest BCUT2D eigenvalue weighted by Crippen LogP contribution is -2.35. The van der Waals surface area contributed by atoms with Gasteiger partial charge < -0.3 is 14.2 Å². The van der Waals surface area contributed by atoms with Crippen LogP contribution >= 0.6 is 0 Å². The third-order valence-corrected chi connectivity index (χ3v) is 3.05. The van der Waals surface area contributed by atoms with Crippen LogP contribution in [-0.2, 0) is 19.0 Å². The van der Waals surface area contributed by atoms with Crippen molar-refractivity contribution in [3.05, 3.63) is 31.3 Å². The largest absolute Gasteiger partial charge is 0.382 e. The minimum absolute atomic E-state index is 0.116. The zero-order valence-electron chi connectivity index (χ0n) is 14.0. The van der Waals surface area contributed by atoms with E-state index in [-0.39, 0.29) is 45.1 Å². The fourth-order valence-corrected chi connectivity index (χ4v) is 1.88. The van der Waals surface area contributed by atoms with Crippen LogP contribution in [0.1, 0.15) is 6.42 Å². The fourth-order valence-electron chi connectivity index (χ4n) is 1.88. The molecule has 138 valence electrons. The molecule has 0 fully saturated rings. The molecule has 25 heavy (non-hydrogen) atoms. The Morgan fingerprint density at radius 2 is 1.36 bits per heavy atom. The van der Waals surface area contributed by atoms with Crippen molar-refractivity contribution in [1.82, 2.24) is 0 Å². The van der Waals surface area contributed by atoms with E-state index in [1.165, 1.54) is 0 Å². The normalized spacial score (nSPS) is 12.2. The van der Waals surface area contributed by atoms with Crippen LogP contribution in [0.25, 0.3) is 31.3 Å². The Morgan fingerprint density at radius 1 is 0.880 bits per heavy atom. The summed E-state index contributed by atoms with van der Waals surface area (Å²) >= 11 is 0. The molecule has 0 N–H and O–H groups in total. The number of azide groups is 3. The van der Waals surface area contributed by atoms with Crippen molar-refractivity contribution >= 4 is 5.78 Å². The Hall–Kier alpha value is -2.52. The number of ketones is 1. The molecular formula is C12H21N9O4. The minimum Gasteiger partial charge on any atom is -0.382 e. The Labute approximate surface area is 144 Å². The van der Waals surface area contributed by atoms with Gasteiger partial charge in [0.15, 0.2) is 5.78 Å². The first kappa shape index (κ1) is 22.5. The van der Waals surface area contributed by atoms with Gasteiger partial charge in [-0.15, -0.1) is 0 Å². The molecule has 13 heteroatoms. The molecule has 0 aromatic carbocycles. The monoisotopic (exact) mass is 355 g/mol. The quantitative estimate of drug-likeness (QED) is 0.178. The van der Waals surface area contributed by atoms with Crippen molar-refractivity contribution in [3.63, 3.8) is 0 Å². The van der Waals surface area contributed by atoms with E-state index in [2.05, 4.69) is 30.1 Å². The maximum Gasteiger partial charge on any atom is 0.159 e. The van der Waals surface area contributed by atoms with Gasteiger partial charge in [0.1, 0.15) is 6.61 Å². The third kappa shape index (κ3) is 11.6. The van der Waals surface area contributed by atoms with Crippen LogP contribution in [0.4, 0.5) is 0 Å². The highest BCUT2D eigenvalue weighted by atomic mass is 16.5. The molecule has 0 heterocycles. The Morgan fingerprint density at radius 3 is 1.84 bits per heavy atom. The molecule has 0 aliphatic heterocycles. The molecule has 0 amide bonds.